The number of hydrogen-bond acceptors (Lipinski definition) is 2. The van der Waals surface area contributed by atoms with Crippen LogP contribution in [0.1, 0.15) is 0 Å². The molecule has 0 saturated carbocycles. The Hall–Kier alpha value is -1.65. The molecule has 3 nitrogen and oxygen atoms in total. The van der Waals surface area contributed by atoms with Gasteiger partial charge < -0.3 is 4.90 Å². The minimum absolute atomic E-state index is 0.351. The minimum Gasteiger partial charge on any atom is -0.400 e. The molecule has 0 spiro atoms. The number of benzene rings is 2. The van der Waals surface area contributed by atoms with Crippen molar-refractivity contribution in [2.75, 3.05) is 0 Å². The Morgan fingerprint density at radius 3 is 1.71 bits per heavy atom. The highest BCUT2D eigenvalue weighted by atomic mass is 32.2. The topological polar surface area (TPSA) is 38.6 Å². The van der Waals surface area contributed by atoms with Gasteiger partial charge in [-0.2, -0.15) is 0 Å². The van der Waals surface area contributed by atoms with Crippen LogP contribution in [-0.2, 0) is 9.84 Å². The van der Waals surface area contributed by atoms with Gasteiger partial charge in [0.15, 0.2) is 0 Å². The Kier molecular flexibility index (Phi) is 2.11. The molecule has 3 rings (SSSR count). The Morgan fingerprint density at radius 1 is 0.824 bits per heavy atom. The average Bonchev–Trinajstić information content (AvgIpc) is 2.37. The monoisotopic (exact) mass is 245 g/mol. The SMILES string of the molecule is [CH2-][NH+]1c2ccccc2S(=O)(=O)c2ccccc21. The summed E-state index contributed by atoms with van der Waals surface area (Å²) in [7, 11) is 0.603. The fourth-order valence-electron chi connectivity index (χ4n) is 2.16. The number of hydrogen-bond donors (Lipinski definition) is 1. The smallest absolute Gasteiger partial charge is 0.218 e. The van der Waals surface area contributed by atoms with E-state index in [2.05, 4.69) is 7.05 Å². The molecule has 0 amide bonds. The highest BCUT2D eigenvalue weighted by Crippen LogP contribution is 2.33. The van der Waals surface area contributed by atoms with Crippen LogP contribution in [0.4, 0.5) is 11.4 Å². The zero-order valence-electron chi connectivity index (χ0n) is 9.05. The second kappa shape index (κ2) is 3.42. The fraction of sp³-hybridized carbons (Fsp3) is 0. The van der Waals surface area contributed by atoms with Crippen molar-refractivity contribution in [3.05, 3.63) is 55.6 Å². The normalized spacial score (nSPS) is 17.2. The first kappa shape index (κ1) is 10.5. The summed E-state index contributed by atoms with van der Waals surface area (Å²) >= 11 is 0. The first-order valence-electron chi connectivity index (χ1n) is 5.25. The summed E-state index contributed by atoms with van der Waals surface area (Å²) in [4.78, 5) is 1.47. The zero-order chi connectivity index (χ0) is 12.0. The van der Waals surface area contributed by atoms with Gasteiger partial charge in [0.25, 0.3) is 0 Å². The molecule has 2 aromatic carbocycles. The van der Waals surface area contributed by atoms with Gasteiger partial charge in [0.1, 0.15) is 21.2 Å². The van der Waals surface area contributed by atoms with Crippen LogP contribution in [-0.4, -0.2) is 8.42 Å². The molecule has 0 atom stereocenters. The Balaban J connectivity index is 2.42. The summed E-state index contributed by atoms with van der Waals surface area (Å²) in [5.74, 6) is 0. The molecule has 4 heteroatoms. The van der Waals surface area contributed by atoms with Crippen molar-refractivity contribution < 1.29 is 13.3 Å². The maximum atomic E-state index is 12.4. The van der Waals surface area contributed by atoms with E-state index < -0.39 is 9.84 Å². The van der Waals surface area contributed by atoms with Crippen molar-refractivity contribution in [2.24, 2.45) is 0 Å². The maximum Gasteiger partial charge on any atom is 0.218 e. The van der Waals surface area contributed by atoms with Crippen molar-refractivity contribution in [1.82, 2.24) is 0 Å². The summed E-state index contributed by atoms with van der Waals surface area (Å²) < 4.78 is 24.8. The number of para-hydroxylation sites is 2. The van der Waals surface area contributed by atoms with Crippen molar-refractivity contribution in [2.45, 2.75) is 9.79 Å². The number of fused-ring (bicyclic) bond motifs is 2. The molecule has 1 N–H and O–H groups in total. The Morgan fingerprint density at radius 2 is 1.24 bits per heavy atom. The first-order valence-corrected chi connectivity index (χ1v) is 6.73. The number of rotatable bonds is 0. The van der Waals surface area contributed by atoms with Crippen molar-refractivity contribution >= 4 is 21.2 Å². The molecule has 2 aromatic rings. The van der Waals surface area contributed by atoms with Crippen LogP contribution in [0, 0.1) is 7.05 Å². The van der Waals surface area contributed by atoms with E-state index in [1.165, 1.54) is 0 Å². The van der Waals surface area contributed by atoms with E-state index >= 15 is 0 Å². The molecule has 0 unspecified atom stereocenters. The van der Waals surface area contributed by atoms with Crippen LogP contribution < -0.4 is 4.90 Å². The third-order valence-electron chi connectivity index (χ3n) is 3.00. The number of quaternary nitrogens is 1. The predicted octanol–water partition coefficient (Wildman–Crippen LogP) is 1.47. The second-order valence-corrected chi connectivity index (χ2v) is 5.86. The summed E-state index contributed by atoms with van der Waals surface area (Å²) in [5.41, 5.74) is 1.40. The molecule has 0 aromatic heterocycles. The third kappa shape index (κ3) is 1.34. The first-order chi connectivity index (χ1) is 8.12. The standard InChI is InChI=1S/C13H11NO2S/c1-14-10-6-2-4-8-12(10)17(15,16)13-9-5-3-7-11(13)14/h2-9,14H,1H2. The fourth-order valence-corrected chi connectivity index (χ4v) is 3.88. The lowest BCUT2D eigenvalue weighted by Gasteiger charge is -2.28. The lowest BCUT2D eigenvalue weighted by Crippen LogP contribution is -2.97. The number of sulfone groups is 1. The molecule has 86 valence electrons. The van der Waals surface area contributed by atoms with Gasteiger partial charge >= 0.3 is 0 Å². The van der Waals surface area contributed by atoms with Gasteiger partial charge in [-0.05, 0) is 24.3 Å². The molecule has 0 bridgehead atoms. The molecule has 1 aliphatic heterocycles. The van der Waals surface area contributed by atoms with Gasteiger partial charge in [-0.15, -0.1) is 7.05 Å². The highest BCUT2D eigenvalue weighted by molar-refractivity contribution is 7.91. The molecule has 1 aliphatic rings. The van der Waals surface area contributed by atoms with E-state index in [1.807, 2.05) is 12.1 Å². The largest absolute Gasteiger partial charge is 0.400 e. The van der Waals surface area contributed by atoms with E-state index in [1.54, 1.807) is 36.4 Å². The van der Waals surface area contributed by atoms with Crippen molar-refractivity contribution in [1.29, 1.82) is 0 Å². The van der Waals surface area contributed by atoms with Crippen LogP contribution in [0.25, 0.3) is 0 Å². The Bertz CT molecular complexity index is 639. The summed E-state index contributed by atoms with van der Waals surface area (Å²) in [6, 6.07) is 14.0. The van der Waals surface area contributed by atoms with Crippen molar-refractivity contribution in [3.8, 4) is 0 Å². The molecular formula is C13H11NO2S. The average molecular weight is 245 g/mol. The van der Waals surface area contributed by atoms with Crippen LogP contribution in [0.3, 0.4) is 0 Å². The predicted molar refractivity (Wildman–Crippen MR) is 64.0 cm³/mol. The second-order valence-electron chi connectivity index (χ2n) is 3.97. The van der Waals surface area contributed by atoms with Crippen LogP contribution in [0.15, 0.2) is 58.3 Å². The van der Waals surface area contributed by atoms with Gasteiger partial charge in [0.2, 0.25) is 9.84 Å². The molecular weight excluding hydrogens is 234 g/mol. The summed E-state index contributed by atoms with van der Waals surface area (Å²) in [5, 5.41) is 0. The van der Waals surface area contributed by atoms with E-state index in [4.69, 9.17) is 0 Å². The molecule has 1 heterocycles. The minimum atomic E-state index is -3.40. The molecule has 0 saturated heterocycles. The zero-order valence-corrected chi connectivity index (χ0v) is 9.87. The van der Waals surface area contributed by atoms with E-state index in [0.717, 1.165) is 4.90 Å². The van der Waals surface area contributed by atoms with Crippen LogP contribution in [0.5, 0.6) is 0 Å². The molecule has 17 heavy (non-hydrogen) atoms. The number of nitrogens with one attached hydrogen (secondary N) is 1. The van der Waals surface area contributed by atoms with Gasteiger partial charge in [-0.25, -0.2) is 8.42 Å². The van der Waals surface area contributed by atoms with Crippen LogP contribution in [0.2, 0.25) is 0 Å². The highest BCUT2D eigenvalue weighted by Gasteiger charge is 2.33. The van der Waals surface area contributed by atoms with Gasteiger partial charge in [0, 0.05) is 0 Å². The van der Waals surface area contributed by atoms with E-state index in [-0.39, 0.29) is 0 Å². The van der Waals surface area contributed by atoms with Crippen LogP contribution >= 0.6 is 0 Å². The van der Waals surface area contributed by atoms with Gasteiger partial charge in [-0.1, -0.05) is 24.3 Å². The lowest BCUT2D eigenvalue weighted by atomic mass is 10.2. The van der Waals surface area contributed by atoms with Gasteiger partial charge in [0.05, 0.1) is 0 Å². The van der Waals surface area contributed by atoms with Gasteiger partial charge in [-0.3, -0.25) is 0 Å². The van der Waals surface area contributed by atoms with E-state index in [0.29, 0.717) is 21.2 Å². The maximum absolute atomic E-state index is 12.4. The lowest BCUT2D eigenvalue weighted by molar-refractivity contribution is -0.709. The van der Waals surface area contributed by atoms with Crippen molar-refractivity contribution in [3.63, 3.8) is 0 Å². The summed E-state index contributed by atoms with van der Waals surface area (Å²) in [6.45, 7) is 0. The van der Waals surface area contributed by atoms with E-state index in [9.17, 15) is 8.42 Å². The quantitative estimate of drug-likeness (QED) is 0.714. The Labute approximate surface area is 100 Å². The summed E-state index contributed by atoms with van der Waals surface area (Å²) in [6.07, 6.45) is 0. The molecule has 0 fully saturated rings. The molecule has 0 radical (unpaired) electrons. The third-order valence-corrected chi connectivity index (χ3v) is 4.87. The molecule has 0 aliphatic carbocycles.